The fraction of sp³-hybridized carbons (Fsp3) is 0.857. The zero-order chi connectivity index (χ0) is 12.1. The lowest BCUT2D eigenvalue weighted by molar-refractivity contribution is 0.186. The molecule has 17 heavy (non-hydrogen) atoms. The number of nitrogens with zero attached hydrogens (tertiary/aromatic N) is 2. The highest BCUT2D eigenvalue weighted by molar-refractivity contribution is 5.12. The van der Waals surface area contributed by atoms with Gasteiger partial charge in [0.15, 0.2) is 0 Å². The molecule has 0 saturated carbocycles. The Bertz CT molecular complexity index is 250. The van der Waals surface area contributed by atoms with E-state index < -0.39 is 0 Å². The summed E-state index contributed by atoms with van der Waals surface area (Å²) >= 11 is 0. The Hall–Kier alpha value is -0.380. The summed E-state index contributed by atoms with van der Waals surface area (Å²) in [5, 5.41) is 3.41. The third-order valence-electron chi connectivity index (χ3n) is 4.19. The molecule has 2 aliphatic heterocycles. The highest BCUT2D eigenvalue weighted by Crippen LogP contribution is 2.18. The molecule has 3 nitrogen and oxygen atoms in total. The van der Waals surface area contributed by atoms with Gasteiger partial charge in [0.05, 0.1) is 0 Å². The van der Waals surface area contributed by atoms with Crippen LogP contribution in [0.25, 0.3) is 0 Å². The first kappa shape index (κ1) is 13.1. The molecule has 2 fully saturated rings. The van der Waals surface area contributed by atoms with Crippen molar-refractivity contribution in [2.45, 2.75) is 39.2 Å². The van der Waals surface area contributed by atoms with E-state index in [-0.39, 0.29) is 0 Å². The average molecular weight is 237 g/mol. The molecule has 0 aromatic heterocycles. The molecule has 0 spiro atoms. The van der Waals surface area contributed by atoms with Gasteiger partial charge in [-0.3, -0.25) is 9.80 Å². The van der Waals surface area contributed by atoms with Crippen LogP contribution < -0.4 is 5.32 Å². The predicted octanol–water partition coefficient (Wildman–Crippen LogP) is 1.67. The van der Waals surface area contributed by atoms with Gasteiger partial charge in [-0.2, -0.15) is 0 Å². The van der Waals surface area contributed by atoms with E-state index in [0.717, 1.165) is 19.8 Å². The average Bonchev–Trinajstić information content (AvgIpc) is 2.89. The predicted molar refractivity (Wildman–Crippen MR) is 73.1 cm³/mol. The van der Waals surface area contributed by atoms with Gasteiger partial charge in [0, 0.05) is 32.3 Å². The summed E-state index contributed by atoms with van der Waals surface area (Å²) in [5.41, 5.74) is 1.59. The second kappa shape index (κ2) is 6.53. The second-order valence-electron chi connectivity index (χ2n) is 5.35. The Morgan fingerprint density at radius 3 is 2.59 bits per heavy atom. The van der Waals surface area contributed by atoms with E-state index in [2.05, 4.69) is 35.0 Å². The maximum Gasteiger partial charge on any atom is 0.0484 e. The standard InChI is InChI=1S/C14H27N3/c1-3-14(11-16-10-7-15-12-16)13(2)17-8-5-4-6-9-17/h3,13,15H,4-12H2,1-2H3. The normalized spacial score (nSPS) is 26.4. The summed E-state index contributed by atoms with van der Waals surface area (Å²) < 4.78 is 0. The molecule has 98 valence electrons. The van der Waals surface area contributed by atoms with Gasteiger partial charge in [-0.1, -0.05) is 12.5 Å². The van der Waals surface area contributed by atoms with Crippen LogP contribution in [0.1, 0.15) is 33.1 Å². The quantitative estimate of drug-likeness (QED) is 0.750. The third kappa shape index (κ3) is 3.54. The van der Waals surface area contributed by atoms with Crippen molar-refractivity contribution < 1.29 is 0 Å². The molecule has 0 aromatic carbocycles. The van der Waals surface area contributed by atoms with E-state index >= 15 is 0 Å². The lowest BCUT2D eigenvalue weighted by Crippen LogP contribution is -2.41. The lowest BCUT2D eigenvalue weighted by Gasteiger charge is -2.35. The third-order valence-corrected chi connectivity index (χ3v) is 4.19. The largest absolute Gasteiger partial charge is 0.303 e. The number of piperidine rings is 1. The molecule has 3 heteroatoms. The van der Waals surface area contributed by atoms with E-state index in [1.54, 1.807) is 5.57 Å². The van der Waals surface area contributed by atoms with Crippen molar-refractivity contribution in [3.63, 3.8) is 0 Å². The number of nitrogens with one attached hydrogen (secondary N) is 1. The van der Waals surface area contributed by atoms with E-state index in [4.69, 9.17) is 0 Å². The number of hydrogen-bond acceptors (Lipinski definition) is 3. The van der Waals surface area contributed by atoms with Crippen LogP contribution in [0.2, 0.25) is 0 Å². The van der Waals surface area contributed by atoms with Crippen molar-refractivity contribution in [3.05, 3.63) is 11.6 Å². The van der Waals surface area contributed by atoms with E-state index in [0.29, 0.717) is 6.04 Å². The van der Waals surface area contributed by atoms with Crippen molar-refractivity contribution in [2.75, 3.05) is 39.4 Å². The minimum absolute atomic E-state index is 0.626. The Labute approximate surface area is 106 Å². The summed E-state index contributed by atoms with van der Waals surface area (Å²) in [6.45, 7) is 11.7. The Morgan fingerprint density at radius 2 is 2.00 bits per heavy atom. The summed E-state index contributed by atoms with van der Waals surface area (Å²) in [6, 6.07) is 0.626. The van der Waals surface area contributed by atoms with Crippen molar-refractivity contribution in [3.8, 4) is 0 Å². The zero-order valence-electron chi connectivity index (χ0n) is 11.4. The maximum atomic E-state index is 3.41. The maximum absolute atomic E-state index is 3.41. The molecule has 2 heterocycles. The summed E-state index contributed by atoms with van der Waals surface area (Å²) in [7, 11) is 0. The second-order valence-corrected chi connectivity index (χ2v) is 5.35. The van der Waals surface area contributed by atoms with Crippen molar-refractivity contribution >= 4 is 0 Å². The molecule has 0 aliphatic carbocycles. The van der Waals surface area contributed by atoms with Gasteiger partial charge in [0.2, 0.25) is 0 Å². The van der Waals surface area contributed by atoms with Crippen molar-refractivity contribution in [1.82, 2.24) is 15.1 Å². The molecule has 0 bridgehead atoms. The Balaban J connectivity index is 1.87. The van der Waals surface area contributed by atoms with Crippen LogP contribution in [-0.4, -0.2) is 55.2 Å². The van der Waals surface area contributed by atoms with Crippen molar-refractivity contribution in [2.24, 2.45) is 0 Å². The molecule has 1 atom stereocenters. The first-order chi connectivity index (χ1) is 8.31. The smallest absolute Gasteiger partial charge is 0.0484 e. The van der Waals surface area contributed by atoms with Gasteiger partial charge in [-0.15, -0.1) is 0 Å². The monoisotopic (exact) mass is 237 g/mol. The minimum atomic E-state index is 0.626. The fourth-order valence-electron chi connectivity index (χ4n) is 2.95. The highest BCUT2D eigenvalue weighted by atomic mass is 15.3. The molecular formula is C14H27N3. The van der Waals surface area contributed by atoms with Gasteiger partial charge in [-0.05, 0) is 45.4 Å². The molecule has 0 aromatic rings. The van der Waals surface area contributed by atoms with Gasteiger partial charge in [0.25, 0.3) is 0 Å². The molecular weight excluding hydrogens is 210 g/mol. The SMILES string of the molecule is CC=C(CN1CCNC1)C(C)N1CCCCC1. The topological polar surface area (TPSA) is 18.5 Å². The molecule has 1 unspecified atom stereocenters. The summed E-state index contributed by atoms with van der Waals surface area (Å²) in [6.07, 6.45) is 6.52. The number of allylic oxidation sites excluding steroid dienone is 1. The Morgan fingerprint density at radius 1 is 1.24 bits per heavy atom. The van der Waals surface area contributed by atoms with Crippen LogP contribution in [0.5, 0.6) is 0 Å². The highest BCUT2D eigenvalue weighted by Gasteiger charge is 2.21. The molecule has 1 N–H and O–H groups in total. The van der Waals surface area contributed by atoms with Crippen LogP contribution in [0, 0.1) is 0 Å². The van der Waals surface area contributed by atoms with Crippen LogP contribution >= 0.6 is 0 Å². The van der Waals surface area contributed by atoms with Crippen molar-refractivity contribution in [1.29, 1.82) is 0 Å². The van der Waals surface area contributed by atoms with Gasteiger partial charge >= 0.3 is 0 Å². The first-order valence-corrected chi connectivity index (χ1v) is 7.13. The molecule has 2 saturated heterocycles. The minimum Gasteiger partial charge on any atom is -0.303 e. The first-order valence-electron chi connectivity index (χ1n) is 7.13. The number of hydrogen-bond donors (Lipinski definition) is 1. The van der Waals surface area contributed by atoms with E-state index in [9.17, 15) is 0 Å². The van der Waals surface area contributed by atoms with Crippen LogP contribution in [0.15, 0.2) is 11.6 Å². The summed E-state index contributed by atoms with van der Waals surface area (Å²) in [5.74, 6) is 0. The van der Waals surface area contributed by atoms with Crippen LogP contribution in [-0.2, 0) is 0 Å². The fourth-order valence-corrected chi connectivity index (χ4v) is 2.95. The van der Waals surface area contributed by atoms with Crippen LogP contribution in [0.3, 0.4) is 0 Å². The zero-order valence-corrected chi connectivity index (χ0v) is 11.4. The summed E-state index contributed by atoms with van der Waals surface area (Å²) in [4.78, 5) is 5.16. The van der Waals surface area contributed by atoms with Gasteiger partial charge < -0.3 is 5.32 Å². The molecule has 0 radical (unpaired) electrons. The number of likely N-dealkylation sites (tertiary alicyclic amines) is 1. The van der Waals surface area contributed by atoms with Crippen LogP contribution in [0.4, 0.5) is 0 Å². The molecule has 2 aliphatic rings. The molecule has 2 rings (SSSR count). The number of rotatable bonds is 4. The van der Waals surface area contributed by atoms with E-state index in [1.165, 1.54) is 38.9 Å². The molecule has 0 amide bonds. The Kier molecular flexibility index (Phi) is 5.01. The van der Waals surface area contributed by atoms with E-state index in [1.807, 2.05) is 0 Å². The van der Waals surface area contributed by atoms with Gasteiger partial charge in [0.1, 0.15) is 0 Å². The lowest BCUT2D eigenvalue weighted by atomic mass is 10.0. The van der Waals surface area contributed by atoms with Gasteiger partial charge in [-0.25, -0.2) is 0 Å².